The zero-order valence-corrected chi connectivity index (χ0v) is 18.4. The van der Waals surface area contributed by atoms with Crippen molar-refractivity contribution in [2.24, 2.45) is 12.0 Å². The molecule has 0 bridgehead atoms. The van der Waals surface area contributed by atoms with Crippen molar-refractivity contribution in [1.29, 1.82) is 0 Å². The Kier molecular flexibility index (Phi) is 7.81. The highest BCUT2D eigenvalue weighted by Gasteiger charge is 2.11. The first-order chi connectivity index (χ1) is 15.0. The molecular formula is C24H30N6O. The fourth-order valence-corrected chi connectivity index (χ4v) is 3.12. The lowest BCUT2D eigenvalue weighted by atomic mass is 10.1. The molecule has 31 heavy (non-hydrogen) atoms. The van der Waals surface area contributed by atoms with Gasteiger partial charge in [-0.25, -0.2) is 4.99 Å². The Morgan fingerprint density at radius 3 is 2.39 bits per heavy atom. The molecule has 7 heteroatoms. The van der Waals surface area contributed by atoms with Gasteiger partial charge in [-0.15, -0.1) is 0 Å². The largest absolute Gasteiger partial charge is 0.356 e. The number of benzene rings is 2. The highest BCUT2D eigenvalue weighted by atomic mass is 16.2. The molecule has 3 rings (SSSR count). The van der Waals surface area contributed by atoms with Crippen LogP contribution in [0.3, 0.4) is 0 Å². The van der Waals surface area contributed by atoms with Crippen LogP contribution in [-0.4, -0.2) is 53.7 Å². The van der Waals surface area contributed by atoms with Gasteiger partial charge in [-0.05, 0) is 12.0 Å². The Morgan fingerprint density at radius 2 is 1.71 bits per heavy atom. The van der Waals surface area contributed by atoms with E-state index >= 15 is 0 Å². The maximum Gasteiger partial charge on any atom is 0.241 e. The minimum absolute atomic E-state index is 0.0103. The number of amides is 1. The van der Waals surface area contributed by atoms with Crippen LogP contribution in [0.5, 0.6) is 0 Å². The first-order valence-corrected chi connectivity index (χ1v) is 10.4. The van der Waals surface area contributed by atoms with Crippen LogP contribution in [0.4, 0.5) is 0 Å². The van der Waals surface area contributed by atoms with Gasteiger partial charge in [0.25, 0.3) is 0 Å². The van der Waals surface area contributed by atoms with Crippen molar-refractivity contribution in [2.45, 2.75) is 13.0 Å². The van der Waals surface area contributed by atoms with E-state index in [2.05, 4.69) is 27.9 Å². The molecule has 0 aliphatic rings. The maximum atomic E-state index is 12.0. The topological polar surface area (TPSA) is 74.5 Å². The van der Waals surface area contributed by atoms with Crippen LogP contribution < -0.4 is 10.6 Å². The van der Waals surface area contributed by atoms with E-state index in [1.807, 2.05) is 61.8 Å². The van der Waals surface area contributed by atoms with Crippen LogP contribution in [0, 0.1) is 0 Å². The molecule has 0 atom stereocenters. The second kappa shape index (κ2) is 11.0. The molecule has 0 radical (unpaired) electrons. The Hall–Kier alpha value is -3.61. The van der Waals surface area contributed by atoms with E-state index in [0.717, 1.165) is 23.2 Å². The lowest BCUT2D eigenvalue weighted by Gasteiger charge is -2.15. The summed E-state index contributed by atoms with van der Waals surface area (Å²) in [4.78, 5) is 18.3. The highest BCUT2D eigenvalue weighted by Crippen LogP contribution is 2.22. The second-order valence-electron chi connectivity index (χ2n) is 7.51. The number of aliphatic imine (C=N–C) groups is 1. The summed E-state index contributed by atoms with van der Waals surface area (Å²) in [5, 5.41) is 11.1. The van der Waals surface area contributed by atoms with Gasteiger partial charge < -0.3 is 15.5 Å². The lowest BCUT2D eigenvalue weighted by molar-refractivity contribution is -0.127. The highest BCUT2D eigenvalue weighted by molar-refractivity contribution is 5.86. The van der Waals surface area contributed by atoms with Gasteiger partial charge in [-0.3, -0.25) is 9.48 Å². The summed E-state index contributed by atoms with van der Waals surface area (Å²) in [6.45, 7) is 1.35. The standard InChI is InChI=1S/C24H30N6O/c1-29(2)22(31)17-27-24(25-15-14-19-10-6-4-7-11-19)26-16-21-18-30(3)28-23(21)20-12-8-5-9-13-20/h4-13,18H,14-17H2,1-3H3,(H2,25,26,27). The van der Waals surface area contributed by atoms with Gasteiger partial charge in [0.15, 0.2) is 5.96 Å². The van der Waals surface area contributed by atoms with E-state index in [1.54, 1.807) is 23.7 Å². The van der Waals surface area contributed by atoms with Crippen LogP contribution in [-0.2, 0) is 24.8 Å². The Bertz CT molecular complexity index is 995. The molecule has 1 aromatic heterocycles. The van der Waals surface area contributed by atoms with Gasteiger partial charge in [0.05, 0.1) is 18.8 Å². The Morgan fingerprint density at radius 1 is 1.03 bits per heavy atom. The number of nitrogens with one attached hydrogen (secondary N) is 2. The first-order valence-electron chi connectivity index (χ1n) is 10.4. The van der Waals surface area contributed by atoms with E-state index < -0.39 is 0 Å². The molecule has 162 valence electrons. The van der Waals surface area contributed by atoms with Crippen LogP contribution >= 0.6 is 0 Å². The van der Waals surface area contributed by atoms with E-state index in [9.17, 15) is 4.79 Å². The zero-order valence-electron chi connectivity index (χ0n) is 18.4. The lowest BCUT2D eigenvalue weighted by Crippen LogP contribution is -2.43. The van der Waals surface area contributed by atoms with Crippen molar-refractivity contribution in [2.75, 3.05) is 27.2 Å². The van der Waals surface area contributed by atoms with E-state index in [-0.39, 0.29) is 12.5 Å². The fourth-order valence-electron chi connectivity index (χ4n) is 3.12. The van der Waals surface area contributed by atoms with Crippen LogP contribution in [0.1, 0.15) is 11.1 Å². The van der Waals surface area contributed by atoms with Crippen molar-refractivity contribution >= 4 is 11.9 Å². The number of rotatable bonds is 8. The molecule has 1 heterocycles. The Balaban J connectivity index is 1.71. The average molecular weight is 419 g/mol. The minimum Gasteiger partial charge on any atom is -0.356 e. The molecule has 7 nitrogen and oxygen atoms in total. The summed E-state index contributed by atoms with van der Waals surface area (Å²) in [5.41, 5.74) is 4.25. The molecule has 0 fully saturated rings. The van der Waals surface area contributed by atoms with Gasteiger partial charge in [-0.1, -0.05) is 60.7 Å². The molecule has 1 amide bonds. The third-order valence-electron chi connectivity index (χ3n) is 4.81. The minimum atomic E-state index is -0.0103. The van der Waals surface area contributed by atoms with Crippen molar-refractivity contribution in [1.82, 2.24) is 25.3 Å². The molecule has 0 unspecified atom stereocenters. The molecule has 3 aromatic rings. The number of nitrogens with zero attached hydrogens (tertiary/aromatic N) is 4. The normalized spacial score (nSPS) is 11.3. The number of likely N-dealkylation sites (N-methyl/N-ethyl adjacent to an activating group) is 1. The Labute approximate surface area is 183 Å². The maximum absolute atomic E-state index is 12.0. The molecular weight excluding hydrogens is 388 g/mol. The SMILES string of the molecule is CN(C)C(=O)CNC(=NCc1cn(C)nc1-c1ccccc1)NCCc1ccccc1. The van der Waals surface area contributed by atoms with Crippen molar-refractivity contribution < 1.29 is 4.79 Å². The molecule has 0 aliphatic heterocycles. The van der Waals surface area contributed by atoms with E-state index in [1.165, 1.54) is 5.56 Å². The molecule has 0 saturated carbocycles. The van der Waals surface area contributed by atoms with Gasteiger partial charge >= 0.3 is 0 Å². The molecule has 0 saturated heterocycles. The smallest absolute Gasteiger partial charge is 0.241 e. The predicted octanol–water partition coefficient (Wildman–Crippen LogP) is 2.45. The van der Waals surface area contributed by atoms with E-state index in [4.69, 9.17) is 4.99 Å². The van der Waals surface area contributed by atoms with E-state index in [0.29, 0.717) is 19.0 Å². The van der Waals surface area contributed by atoms with Crippen molar-refractivity contribution in [3.8, 4) is 11.3 Å². The van der Waals surface area contributed by atoms with Gasteiger partial charge in [0.2, 0.25) is 5.91 Å². The third-order valence-corrected chi connectivity index (χ3v) is 4.81. The van der Waals surface area contributed by atoms with Gasteiger partial charge in [0.1, 0.15) is 0 Å². The van der Waals surface area contributed by atoms with Crippen molar-refractivity contribution in [3.05, 3.63) is 78.0 Å². The number of hydrogen-bond donors (Lipinski definition) is 2. The van der Waals surface area contributed by atoms with Crippen LogP contribution in [0.25, 0.3) is 11.3 Å². The molecule has 2 aromatic carbocycles. The number of carbonyl (C=O) groups is 1. The van der Waals surface area contributed by atoms with Crippen molar-refractivity contribution in [3.63, 3.8) is 0 Å². The third kappa shape index (κ3) is 6.70. The fraction of sp³-hybridized carbons (Fsp3) is 0.292. The molecule has 0 spiro atoms. The quantitative estimate of drug-likeness (QED) is 0.435. The number of carbonyl (C=O) groups excluding carboxylic acids is 1. The summed E-state index contributed by atoms with van der Waals surface area (Å²) in [6.07, 6.45) is 2.85. The average Bonchev–Trinajstić information content (AvgIpc) is 3.16. The predicted molar refractivity (Wildman–Crippen MR) is 125 cm³/mol. The summed E-state index contributed by atoms with van der Waals surface area (Å²) in [6, 6.07) is 20.4. The summed E-state index contributed by atoms with van der Waals surface area (Å²) < 4.78 is 1.80. The zero-order chi connectivity index (χ0) is 22.1. The first kappa shape index (κ1) is 22.1. The summed E-state index contributed by atoms with van der Waals surface area (Å²) >= 11 is 0. The molecule has 0 aliphatic carbocycles. The molecule has 2 N–H and O–H groups in total. The monoisotopic (exact) mass is 418 g/mol. The van der Waals surface area contributed by atoms with Gasteiger partial charge in [0, 0.05) is 45.0 Å². The second-order valence-corrected chi connectivity index (χ2v) is 7.51. The number of aromatic nitrogens is 2. The summed E-state index contributed by atoms with van der Waals surface area (Å²) in [5.74, 6) is 0.595. The summed E-state index contributed by atoms with van der Waals surface area (Å²) in [7, 11) is 5.39. The number of hydrogen-bond acceptors (Lipinski definition) is 3. The number of aryl methyl sites for hydroxylation is 1. The van der Waals surface area contributed by atoms with Crippen LogP contribution in [0.2, 0.25) is 0 Å². The van der Waals surface area contributed by atoms with Crippen LogP contribution in [0.15, 0.2) is 71.9 Å². The van der Waals surface area contributed by atoms with Gasteiger partial charge in [-0.2, -0.15) is 5.10 Å². The number of guanidine groups is 1.